The number of anilines is 1. The lowest BCUT2D eigenvalue weighted by atomic mass is 9.79. The summed E-state index contributed by atoms with van der Waals surface area (Å²) in [6, 6.07) is 1.60. The number of nitrogens with one attached hydrogen (secondary N) is 1. The van der Waals surface area contributed by atoms with Crippen LogP contribution in [0.3, 0.4) is 0 Å². The molecule has 1 aliphatic rings. The smallest absolute Gasteiger partial charge is 0.233 e. The number of aromatic nitrogens is 1. The van der Waals surface area contributed by atoms with Crippen LogP contribution in [0, 0.1) is 5.41 Å². The van der Waals surface area contributed by atoms with Crippen molar-refractivity contribution in [1.29, 1.82) is 0 Å². The lowest BCUT2D eigenvalue weighted by Gasteiger charge is -2.34. The fourth-order valence-corrected chi connectivity index (χ4v) is 1.81. The molecule has 1 aromatic rings. The first kappa shape index (κ1) is 11.1. The summed E-state index contributed by atoms with van der Waals surface area (Å²) in [6.07, 6.45) is 2.70. The van der Waals surface area contributed by atoms with Crippen LogP contribution in [0.5, 0.6) is 0 Å². The maximum atomic E-state index is 12.1. The third-order valence-electron chi connectivity index (χ3n) is 3.00. The van der Waals surface area contributed by atoms with Crippen molar-refractivity contribution < 1.29 is 14.1 Å². The van der Waals surface area contributed by atoms with Gasteiger partial charge in [-0.2, -0.15) is 0 Å². The van der Waals surface area contributed by atoms with Crippen LogP contribution in [0.15, 0.2) is 16.9 Å². The van der Waals surface area contributed by atoms with E-state index >= 15 is 0 Å². The third kappa shape index (κ3) is 2.07. The Bertz CT molecular complexity index is 344. The fraction of sp³-hybridized carbons (Fsp3) is 0.600. The number of nitrogens with zero attached hydrogens (tertiary/aromatic N) is 1. The predicted octanol–water partition coefficient (Wildman–Crippen LogP) is 0.369. The van der Waals surface area contributed by atoms with Gasteiger partial charge in [0.05, 0.1) is 5.41 Å². The fourth-order valence-electron chi connectivity index (χ4n) is 1.81. The van der Waals surface area contributed by atoms with E-state index in [2.05, 4.69) is 15.0 Å². The van der Waals surface area contributed by atoms with Crippen LogP contribution in [0.2, 0.25) is 0 Å². The summed E-state index contributed by atoms with van der Waals surface area (Å²) in [6.45, 7) is 1.47. The quantitative estimate of drug-likeness (QED) is 0.775. The molecule has 6 heteroatoms. The van der Waals surface area contributed by atoms with Crippen LogP contribution < -0.4 is 11.1 Å². The van der Waals surface area contributed by atoms with Crippen LogP contribution in [0.1, 0.15) is 12.8 Å². The number of carbonyl (C=O) groups excluding carboxylic acids is 1. The minimum atomic E-state index is -0.531. The van der Waals surface area contributed by atoms with E-state index in [9.17, 15) is 4.79 Å². The number of rotatable bonds is 3. The Balaban J connectivity index is 2.06. The van der Waals surface area contributed by atoms with Gasteiger partial charge in [0, 0.05) is 25.8 Å². The zero-order valence-corrected chi connectivity index (χ0v) is 8.94. The van der Waals surface area contributed by atoms with Gasteiger partial charge >= 0.3 is 0 Å². The first-order chi connectivity index (χ1) is 7.77. The molecule has 0 aromatic carbocycles. The molecule has 0 spiro atoms. The highest BCUT2D eigenvalue weighted by molar-refractivity contribution is 5.94. The van der Waals surface area contributed by atoms with Gasteiger partial charge in [0.1, 0.15) is 6.26 Å². The second kappa shape index (κ2) is 4.63. The second-order valence-corrected chi connectivity index (χ2v) is 3.94. The van der Waals surface area contributed by atoms with Crippen LogP contribution >= 0.6 is 0 Å². The van der Waals surface area contributed by atoms with E-state index in [0.717, 1.165) is 0 Å². The van der Waals surface area contributed by atoms with Gasteiger partial charge in [-0.15, -0.1) is 0 Å². The Morgan fingerprint density at radius 1 is 1.56 bits per heavy atom. The summed E-state index contributed by atoms with van der Waals surface area (Å²) < 4.78 is 9.89. The van der Waals surface area contributed by atoms with Gasteiger partial charge in [0.15, 0.2) is 5.82 Å². The molecule has 88 valence electrons. The van der Waals surface area contributed by atoms with E-state index < -0.39 is 5.41 Å². The van der Waals surface area contributed by atoms with Gasteiger partial charge in [-0.25, -0.2) is 0 Å². The maximum absolute atomic E-state index is 12.1. The Morgan fingerprint density at radius 3 is 2.88 bits per heavy atom. The van der Waals surface area contributed by atoms with Crippen molar-refractivity contribution in [1.82, 2.24) is 5.16 Å². The summed E-state index contributed by atoms with van der Waals surface area (Å²) in [7, 11) is 0. The first-order valence-electron chi connectivity index (χ1n) is 5.26. The van der Waals surface area contributed by atoms with E-state index in [1.807, 2.05) is 0 Å². The lowest BCUT2D eigenvalue weighted by molar-refractivity contribution is -0.130. The zero-order valence-electron chi connectivity index (χ0n) is 8.94. The highest BCUT2D eigenvalue weighted by Gasteiger charge is 2.39. The predicted molar refractivity (Wildman–Crippen MR) is 56.7 cm³/mol. The summed E-state index contributed by atoms with van der Waals surface area (Å²) in [5.74, 6) is 0.316. The number of amides is 1. The molecular weight excluding hydrogens is 210 g/mol. The van der Waals surface area contributed by atoms with Crippen molar-refractivity contribution in [2.24, 2.45) is 11.1 Å². The van der Waals surface area contributed by atoms with E-state index in [1.54, 1.807) is 6.07 Å². The molecule has 16 heavy (non-hydrogen) atoms. The minimum Gasteiger partial charge on any atom is -0.381 e. The zero-order chi connectivity index (χ0) is 11.4. The number of nitrogens with two attached hydrogens (primary N) is 1. The van der Waals surface area contributed by atoms with Gasteiger partial charge in [-0.05, 0) is 12.8 Å². The monoisotopic (exact) mass is 225 g/mol. The van der Waals surface area contributed by atoms with Gasteiger partial charge in [0.2, 0.25) is 5.91 Å². The van der Waals surface area contributed by atoms with E-state index in [1.165, 1.54) is 6.26 Å². The molecule has 2 heterocycles. The largest absolute Gasteiger partial charge is 0.381 e. The molecule has 1 amide bonds. The minimum absolute atomic E-state index is 0.104. The van der Waals surface area contributed by atoms with Gasteiger partial charge in [-0.3, -0.25) is 4.79 Å². The standard InChI is InChI=1S/C10H15N3O3/c11-7-10(2-5-15-6-3-10)9(14)12-8-1-4-16-13-8/h1,4H,2-3,5-7,11H2,(H,12,13,14). The molecule has 0 aliphatic carbocycles. The average molecular weight is 225 g/mol. The SMILES string of the molecule is NCC1(C(=O)Nc2ccon2)CCOCC1. The van der Waals surface area contributed by atoms with Crippen molar-refractivity contribution >= 4 is 11.7 Å². The molecule has 0 atom stereocenters. The Hall–Kier alpha value is -1.40. The average Bonchev–Trinajstić information content (AvgIpc) is 2.82. The third-order valence-corrected chi connectivity index (χ3v) is 3.00. The Labute approximate surface area is 93.1 Å². The molecule has 6 nitrogen and oxygen atoms in total. The summed E-state index contributed by atoms with van der Waals surface area (Å²) in [4.78, 5) is 12.1. The summed E-state index contributed by atoms with van der Waals surface area (Å²) in [5.41, 5.74) is 5.18. The highest BCUT2D eigenvalue weighted by atomic mass is 16.5. The van der Waals surface area contributed by atoms with Crippen LogP contribution in [-0.2, 0) is 9.53 Å². The topological polar surface area (TPSA) is 90.4 Å². The number of hydrogen-bond donors (Lipinski definition) is 2. The summed E-state index contributed by atoms with van der Waals surface area (Å²) in [5, 5.41) is 6.34. The van der Waals surface area contributed by atoms with E-state index in [0.29, 0.717) is 38.4 Å². The van der Waals surface area contributed by atoms with Gasteiger partial charge < -0.3 is 20.3 Å². The van der Waals surface area contributed by atoms with Crippen molar-refractivity contribution in [3.8, 4) is 0 Å². The van der Waals surface area contributed by atoms with E-state index in [4.69, 9.17) is 10.5 Å². The molecule has 0 unspecified atom stereocenters. The molecule has 1 fully saturated rings. The van der Waals surface area contributed by atoms with Crippen molar-refractivity contribution in [3.05, 3.63) is 12.3 Å². The van der Waals surface area contributed by atoms with Crippen LogP contribution in [-0.4, -0.2) is 30.8 Å². The molecular formula is C10H15N3O3. The number of hydrogen-bond acceptors (Lipinski definition) is 5. The van der Waals surface area contributed by atoms with Crippen LogP contribution in [0.25, 0.3) is 0 Å². The Morgan fingerprint density at radius 2 is 2.31 bits per heavy atom. The first-order valence-corrected chi connectivity index (χ1v) is 5.26. The number of carbonyl (C=O) groups is 1. The number of ether oxygens (including phenoxy) is 1. The summed E-state index contributed by atoms with van der Waals surface area (Å²) >= 11 is 0. The molecule has 3 N–H and O–H groups in total. The van der Waals surface area contributed by atoms with Crippen molar-refractivity contribution in [2.75, 3.05) is 25.1 Å². The van der Waals surface area contributed by atoms with Crippen molar-refractivity contribution in [2.45, 2.75) is 12.8 Å². The Kier molecular flexibility index (Phi) is 3.21. The van der Waals surface area contributed by atoms with Crippen molar-refractivity contribution in [3.63, 3.8) is 0 Å². The molecule has 1 aromatic heterocycles. The highest BCUT2D eigenvalue weighted by Crippen LogP contribution is 2.30. The van der Waals surface area contributed by atoms with E-state index in [-0.39, 0.29) is 5.91 Å². The van der Waals surface area contributed by atoms with Crippen LogP contribution in [0.4, 0.5) is 5.82 Å². The molecule has 0 bridgehead atoms. The molecule has 0 radical (unpaired) electrons. The second-order valence-electron chi connectivity index (χ2n) is 3.94. The molecule has 0 saturated carbocycles. The molecule has 2 rings (SSSR count). The maximum Gasteiger partial charge on any atom is 0.233 e. The normalized spacial score (nSPS) is 19.3. The molecule has 1 aliphatic heterocycles. The van der Waals surface area contributed by atoms with Gasteiger partial charge in [-0.1, -0.05) is 5.16 Å². The lowest BCUT2D eigenvalue weighted by Crippen LogP contribution is -2.46. The molecule has 1 saturated heterocycles. The van der Waals surface area contributed by atoms with Gasteiger partial charge in [0.25, 0.3) is 0 Å².